The summed E-state index contributed by atoms with van der Waals surface area (Å²) in [4.78, 5) is 6.40. The number of nitrogens with zero attached hydrogens (tertiary/aromatic N) is 3. The van der Waals surface area contributed by atoms with Gasteiger partial charge in [-0.25, -0.2) is 0 Å². The van der Waals surface area contributed by atoms with Gasteiger partial charge in [0.15, 0.2) is 5.96 Å². The zero-order valence-electron chi connectivity index (χ0n) is 14.0. The fourth-order valence-electron chi connectivity index (χ4n) is 2.45. The van der Waals surface area contributed by atoms with E-state index in [1.54, 1.807) is 14.2 Å². The summed E-state index contributed by atoms with van der Waals surface area (Å²) in [5, 5.41) is 4.10. The molecular formula is C17H23ClN4O. The van der Waals surface area contributed by atoms with E-state index in [9.17, 15) is 0 Å². The second-order valence-corrected chi connectivity index (χ2v) is 5.77. The Hall–Kier alpha value is -2.14. The molecule has 5 nitrogen and oxygen atoms in total. The molecule has 1 N–H and O–H groups in total. The highest BCUT2D eigenvalue weighted by molar-refractivity contribution is 6.30. The number of ether oxygens (including phenoxy) is 1. The largest absolute Gasteiger partial charge is 0.496 e. The first-order valence-corrected chi connectivity index (χ1v) is 7.77. The lowest BCUT2D eigenvalue weighted by atomic mass is 10.2. The topological polar surface area (TPSA) is 41.8 Å². The monoisotopic (exact) mass is 334 g/mol. The summed E-state index contributed by atoms with van der Waals surface area (Å²) in [6, 6.07) is 9.91. The van der Waals surface area contributed by atoms with E-state index >= 15 is 0 Å². The van der Waals surface area contributed by atoms with Crippen LogP contribution in [0.4, 0.5) is 0 Å². The number of benzene rings is 1. The van der Waals surface area contributed by atoms with Crippen molar-refractivity contribution in [3.63, 3.8) is 0 Å². The summed E-state index contributed by atoms with van der Waals surface area (Å²) in [5.41, 5.74) is 2.21. The van der Waals surface area contributed by atoms with Crippen LogP contribution in [0, 0.1) is 0 Å². The average molecular weight is 335 g/mol. The molecule has 6 heteroatoms. The van der Waals surface area contributed by atoms with E-state index in [0.29, 0.717) is 6.54 Å². The van der Waals surface area contributed by atoms with Gasteiger partial charge >= 0.3 is 0 Å². The van der Waals surface area contributed by atoms with Crippen molar-refractivity contribution in [1.29, 1.82) is 0 Å². The molecule has 23 heavy (non-hydrogen) atoms. The highest BCUT2D eigenvalue weighted by Gasteiger charge is 2.10. The number of aryl methyl sites for hydroxylation is 1. The molecule has 0 aliphatic rings. The third-order valence-electron chi connectivity index (χ3n) is 3.68. The normalized spacial score (nSPS) is 11.4. The Labute approximate surface area is 142 Å². The lowest BCUT2D eigenvalue weighted by molar-refractivity contribution is 0.408. The number of nitrogens with one attached hydrogen (secondary N) is 1. The molecule has 1 heterocycles. The lowest BCUT2D eigenvalue weighted by Gasteiger charge is -2.22. The van der Waals surface area contributed by atoms with Crippen molar-refractivity contribution in [3.05, 3.63) is 52.8 Å². The Morgan fingerprint density at radius 3 is 2.74 bits per heavy atom. The molecule has 0 radical (unpaired) electrons. The molecule has 0 spiro atoms. The van der Waals surface area contributed by atoms with Crippen LogP contribution in [0.25, 0.3) is 0 Å². The van der Waals surface area contributed by atoms with Gasteiger partial charge in [-0.3, -0.25) is 4.99 Å². The van der Waals surface area contributed by atoms with Gasteiger partial charge in [-0.05, 0) is 12.1 Å². The van der Waals surface area contributed by atoms with Crippen molar-refractivity contribution in [2.45, 2.75) is 13.1 Å². The number of hydrogen-bond acceptors (Lipinski definition) is 2. The number of halogens is 1. The van der Waals surface area contributed by atoms with Gasteiger partial charge in [0.25, 0.3) is 0 Å². The molecule has 0 amide bonds. The van der Waals surface area contributed by atoms with E-state index in [1.807, 2.05) is 55.2 Å². The zero-order valence-corrected chi connectivity index (χ0v) is 14.8. The summed E-state index contributed by atoms with van der Waals surface area (Å²) in [5.74, 6) is 1.68. The molecule has 0 aliphatic heterocycles. The minimum absolute atomic E-state index is 0.648. The number of aromatic nitrogens is 1. The van der Waals surface area contributed by atoms with Crippen LogP contribution in [0.3, 0.4) is 0 Å². The molecule has 0 fully saturated rings. The molecule has 0 aliphatic carbocycles. The van der Waals surface area contributed by atoms with E-state index in [2.05, 4.69) is 15.2 Å². The summed E-state index contributed by atoms with van der Waals surface area (Å²) >= 11 is 6.04. The summed E-state index contributed by atoms with van der Waals surface area (Å²) in [7, 11) is 7.44. The highest BCUT2D eigenvalue weighted by Crippen LogP contribution is 2.17. The number of guanidine groups is 1. The third kappa shape index (κ3) is 4.42. The molecule has 1 aromatic carbocycles. The molecule has 0 saturated heterocycles. The molecule has 124 valence electrons. The van der Waals surface area contributed by atoms with Crippen LogP contribution >= 0.6 is 11.6 Å². The van der Waals surface area contributed by atoms with Gasteiger partial charge < -0.3 is 19.5 Å². The highest BCUT2D eigenvalue weighted by atomic mass is 35.5. The molecule has 0 bridgehead atoms. The number of methoxy groups -OCH3 is 1. The van der Waals surface area contributed by atoms with Crippen molar-refractivity contribution < 1.29 is 4.74 Å². The van der Waals surface area contributed by atoms with E-state index in [1.165, 1.54) is 0 Å². The van der Waals surface area contributed by atoms with Crippen molar-refractivity contribution >= 4 is 17.6 Å². The van der Waals surface area contributed by atoms with Crippen LogP contribution in [0.1, 0.15) is 11.3 Å². The van der Waals surface area contributed by atoms with Crippen LogP contribution < -0.4 is 10.1 Å². The summed E-state index contributed by atoms with van der Waals surface area (Å²) in [6.07, 6.45) is 1.90. The van der Waals surface area contributed by atoms with E-state index in [0.717, 1.165) is 34.5 Å². The van der Waals surface area contributed by atoms with Crippen LogP contribution in [-0.4, -0.2) is 36.6 Å². The molecule has 2 aromatic rings. The fraction of sp³-hybridized carbons (Fsp3) is 0.353. The van der Waals surface area contributed by atoms with Gasteiger partial charge in [0.1, 0.15) is 5.75 Å². The Balaban J connectivity index is 2.01. The van der Waals surface area contributed by atoms with Gasteiger partial charge in [0.05, 0.1) is 18.7 Å². The maximum atomic E-state index is 6.04. The zero-order chi connectivity index (χ0) is 16.8. The predicted molar refractivity (Wildman–Crippen MR) is 95.1 cm³/mol. The maximum absolute atomic E-state index is 6.04. The maximum Gasteiger partial charge on any atom is 0.194 e. The van der Waals surface area contributed by atoms with Gasteiger partial charge in [-0.1, -0.05) is 29.8 Å². The predicted octanol–water partition coefficient (Wildman–Crippen LogP) is 2.89. The Kier molecular flexibility index (Phi) is 5.93. The average Bonchev–Trinajstić information content (AvgIpc) is 2.85. The third-order valence-corrected chi connectivity index (χ3v) is 3.88. The smallest absolute Gasteiger partial charge is 0.194 e. The summed E-state index contributed by atoms with van der Waals surface area (Å²) in [6.45, 7) is 1.36. The van der Waals surface area contributed by atoms with Crippen LogP contribution in [0.2, 0.25) is 5.02 Å². The van der Waals surface area contributed by atoms with Gasteiger partial charge in [0.2, 0.25) is 0 Å². The minimum atomic E-state index is 0.648. The van der Waals surface area contributed by atoms with Crippen molar-refractivity contribution in [1.82, 2.24) is 14.8 Å². The molecular weight excluding hydrogens is 312 g/mol. The second kappa shape index (κ2) is 7.92. The Morgan fingerprint density at radius 1 is 1.39 bits per heavy atom. The van der Waals surface area contributed by atoms with Crippen molar-refractivity contribution in [2.75, 3.05) is 21.2 Å². The molecule has 0 atom stereocenters. The molecule has 0 unspecified atom stereocenters. The quantitative estimate of drug-likeness (QED) is 0.675. The second-order valence-electron chi connectivity index (χ2n) is 5.33. The standard InChI is InChI=1S/C17H23ClN4O/c1-19-17(20-10-13-7-5-6-8-16(13)23-4)22(3)12-15-9-14(18)11-21(15)2/h5-9,11H,10,12H2,1-4H3,(H,19,20). The lowest BCUT2D eigenvalue weighted by Crippen LogP contribution is -2.38. The number of hydrogen-bond donors (Lipinski definition) is 1. The van der Waals surface area contributed by atoms with Crippen molar-refractivity contribution in [2.24, 2.45) is 12.0 Å². The number of rotatable bonds is 5. The minimum Gasteiger partial charge on any atom is -0.496 e. The van der Waals surface area contributed by atoms with Gasteiger partial charge in [0, 0.05) is 45.1 Å². The Bertz CT molecular complexity index is 681. The Morgan fingerprint density at radius 2 is 2.13 bits per heavy atom. The van der Waals surface area contributed by atoms with Crippen molar-refractivity contribution in [3.8, 4) is 5.75 Å². The first-order valence-electron chi connectivity index (χ1n) is 7.39. The first kappa shape index (κ1) is 17.2. The van der Waals surface area contributed by atoms with E-state index in [-0.39, 0.29) is 0 Å². The van der Waals surface area contributed by atoms with Crippen LogP contribution in [0.15, 0.2) is 41.5 Å². The summed E-state index contributed by atoms with van der Waals surface area (Å²) < 4.78 is 7.39. The van der Waals surface area contributed by atoms with Gasteiger partial charge in [-0.15, -0.1) is 0 Å². The first-order chi connectivity index (χ1) is 11.0. The number of aliphatic imine (C=N–C) groups is 1. The van der Waals surface area contributed by atoms with Crippen LogP contribution in [0.5, 0.6) is 5.75 Å². The number of para-hydroxylation sites is 1. The van der Waals surface area contributed by atoms with Crippen LogP contribution in [-0.2, 0) is 20.1 Å². The fourth-order valence-corrected chi connectivity index (χ4v) is 2.72. The molecule has 0 saturated carbocycles. The molecule has 1 aromatic heterocycles. The molecule has 2 rings (SSSR count). The SMILES string of the molecule is CN=C(NCc1ccccc1OC)N(C)Cc1cc(Cl)cn1C. The van der Waals surface area contributed by atoms with Gasteiger partial charge in [-0.2, -0.15) is 0 Å². The van der Waals surface area contributed by atoms with E-state index < -0.39 is 0 Å². The van der Waals surface area contributed by atoms with E-state index in [4.69, 9.17) is 16.3 Å².